The molecule has 0 bridgehead atoms. The summed E-state index contributed by atoms with van der Waals surface area (Å²) in [6, 6.07) is 15.7. The van der Waals surface area contributed by atoms with Gasteiger partial charge in [-0.3, -0.25) is 4.79 Å². The van der Waals surface area contributed by atoms with Gasteiger partial charge in [0.05, 0.1) is 0 Å². The zero-order valence-corrected chi connectivity index (χ0v) is 11.1. The summed E-state index contributed by atoms with van der Waals surface area (Å²) in [5.41, 5.74) is 8.04. The van der Waals surface area contributed by atoms with E-state index >= 15 is 0 Å². The predicted octanol–water partition coefficient (Wildman–Crippen LogP) is 3.38. The molecule has 0 radical (unpaired) electrons. The number of rotatable bonds is 1. The second-order valence-corrected chi connectivity index (χ2v) is 5.36. The Morgan fingerprint density at radius 3 is 2.21 bits per heavy atom. The number of carbonyl (C=O) groups excluding carboxylic acids is 1. The van der Waals surface area contributed by atoms with Crippen molar-refractivity contribution < 1.29 is 4.79 Å². The van der Waals surface area contributed by atoms with Gasteiger partial charge >= 0.3 is 0 Å². The standard InChI is InChI=1S/C16H13NOS/c17-10-9-12-11-5-1-3-7-14(11)19-15-8-4-2-6-13(15)16(12)18/h1-9H,10,17H2/b12-9-. The van der Waals surface area contributed by atoms with E-state index in [9.17, 15) is 4.79 Å². The van der Waals surface area contributed by atoms with Crippen LogP contribution in [0.3, 0.4) is 0 Å². The summed E-state index contributed by atoms with van der Waals surface area (Å²) in [7, 11) is 0. The van der Waals surface area contributed by atoms with Crippen LogP contribution in [0.15, 0.2) is 64.4 Å². The summed E-state index contributed by atoms with van der Waals surface area (Å²) in [6.07, 6.45) is 1.81. The lowest BCUT2D eigenvalue weighted by Gasteiger charge is -2.06. The summed E-state index contributed by atoms with van der Waals surface area (Å²) >= 11 is 1.63. The number of fused-ring (bicyclic) bond motifs is 2. The van der Waals surface area contributed by atoms with Crippen molar-refractivity contribution in [2.45, 2.75) is 9.79 Å². The number of allylic oxidation sites excluding steroid dienone is 1. The molecule has 94 valence electrons. The molecule has 0 saturated heterocycles. The molecule has 2 nitrogen and oxygen atoms in total. The van der Waals surface area contributed by atoms with Gasteiger partial charge in [-0.15, -0.1) is 0 Å². The molecule has 19 heavy (non-hydrogen) atoms. The molecule has 0 atom stereocenters. The third kappa shape index (κ3) is 2.11. The first-order valence-electron chi connectivity index (χ1n) is 6.12. The average molecular weight is 267 g/mol. The van der Waals surface area contributed by atoms with Gasteiger partial charge in [-0.25, -0.2) is 0 Å². The second-order valence-electron chi connectivity index (χ2n) is 4.28. The Kier molecular flexibility index (Phi) is 3.23. The van der Waals surface area contributed by atoms with Crippen molar-refractivity contribution in [1.82, 2.24) is 0 Å². The van der Waals surface area contributed by atoms with E-state index in [1.165, 1.54) is 0 Å². The highest BCUT2D eigenvalue weighted by Crippen LogP contribution is 2.40. The number of nitrogens with two attached hydrogens (primary N) is 1. The lowest BCUT2D eigenvalue weighted by Crippen LogP contribution is -2.05. The molecule has 2 aromatic carbocycles. The fraction of sp³-hybridized carbons (Fsp3) is 0.0625. The van der Waals surface area contributed by atoms with Gasteiger partial charge in [0.15, 0.2) is 5.78 Å². The molecule has 0 saturated carbocycles. The van der Waals surface area contributed by atoms with Gasteiger partial charge in [0, 0.05) is 27.5 Å². The maximum absolute atomic E-state index is 12.7. The molecule has 2 N–H and O–H groups in total. The highest BCUT2D eigenvalue weighted by Gasteiger charge is 2.23. The van der Waals surface area contributed by atoms with Crippen LogP contribution in [-0.2, 0) is 0 Å². The van der Waals surface area contributed by atoms with Crippen molar-refractivity contribution in [2.75, 3.05) is 6.54 Å². The molecule has 1 aliphatic heterocycles. The van der Waals surface area contributed by atoms with Crippen LogP contribution >= 0.6 is 11.8 Å². The lowest BCUT2D eigenvalue weighted by atomic mass is 9.96. The fourth-order valence-corrected chi connectivity index (χ4v) is 3.32. The van der Waals surface area contributed by atoms with Gasteiger partial charge < -0.3 is 5.73 Å². The molecule has 3 heteroatoms. The van der Waals surface area contributed by atoms with Crippen molar-refractivity contribution in [3.8, 4) is 0 Å². The minimum Gasteiger partial charge on any atom is -0.327 e. The summed E-state index contributed by atoms with van der Waals surface area (Å²) in [6.45, 7) is 0.363. The van der Waals surface area contributed by atoms with Crippen LogP contribution < -0.4 is 5.73 Å². The largest absolute Gasteiger partial charge is 0.327 e. The Morgan fingerprint density at radius 1 is 0.947 bits per heavy atom. The number of hydrogen-bond donors (Lipinski definition) is 1. The summed E-state index contributed by atoms with van der Waals surface area (Å²) in [5.74, 6) is 0.0542. The Morgan fingerprint density at radius 2 is 1.53 bits per heavy atom. The van der Waals surface area contributed by atoms with E-state index in [0.29, 0.717) is 12.1 Å². The second kappa shape index (κ2) is 5.03. The average Bonchev–Trinajstić information content (AvgIpc) is 2.56. The van der Waals surface area contributed by atoms with Crippen molar-refractivity contribution >= 4 is 23.1 Å². The molecule has 1 aliphatic rings. The van der Waals surface area contributed by atoms with Crippen LogP contribution in [0, 0.1) is 0 Å². The molecule has 3 rings (SSSR count). The number of benzene rings is 2. The van der Waals surface area contributed by atoms with Crippen LogP contribution in [0.4, 0.5) is 0 Å². The van der Waals surface area contributed by atoms with Gasteiger partial charge in [-0.05, 0) is 23.8 Å². The number of ketones is 1. The number of carbonyl (C=O) groups is 1. The molecule has 1 heterocycles. The SMILES string of the molecule is NC/C=C1\C(=O)c2ccccc2Sc2ccccc21. The predicted molar refractivity (Wildman–Crippen MR) is 78.4 cm³/mol. The Hall–Kier alpha value is -1.84. The van der Waals surface area contributed by atoms with Crippen molar-refractivity contribution in [1.29, 1.82) is 0 Å². The third-order valence-electron chi connectivity index (χ3n) is 3.10. The van der Waals surface area contributed by atoms with Crippen LogP contribution in [0.25, 0.3) is 5.57 Å². The van der Waals surface area contributed by atoms with Gasteiger partial charge in [0.1, 0.15) is 0 Å². The zero-order valence-electron chi connectivity index (χ0n) is 10.3. The fourth-order valence-electron chi connectivity index (χ4n) is 2.23. The van der Waals surface area contributed by atoms with E-state index in [1.54, 1.807) is 11.8 Å². The maximum atomic E-state index is 12.7. The molecule has 0 aromatic heterocycles. The summed E-state index contributed by atoms with van der Waals surface area (Å²) < 4.78 is 0. The minimum absolute atomic E-state index is 0.0542. The third-order valence-corrected chi connectivity index (χ3v) is 4.25. The molecule has 0 spiro atoms. The first-order chi connectivity index (χ1) is 9.31. The number of Topliss-reactive ketones (excluding diaryl/α,β-unsaturated/α-hetero) is 1. The van der Waals surface area contributed by atoms with E-state index in [1.807, 2.05) is 54.6 Å². The monoisotopic (exact) mass is 267 g/mol. The van der Waals surface area contributed by atoms with Crippen molar-refractivity contribution in [3.05, 3.63) is 65.7 Å². The first kappa shape index (κ1) is 12.2. The van der Waals surface area contributed by atoms with E-state index in [2.05, 4.69) is 0 Å². The van der Waals surface area contributed by atoms with Crippen LogP contribution in [0.5, 0.6) is 0 Å². The van der Waals surface area contributed by atoms with Crippen LogP contribution in [0.1, 0.15) is 15.9 Å². The molecule has 0 fully saturated rings. The van der Waals surface area contributed by atoms with Crippen LogP contribution in [-0.4, -0.2) is 12.3 Å². The maximum Gasteiger partial charge on any atom is 0.194 e. The van der Waals surface area contributed by atoms with Gasteiger partial charge in [0.25, 0.3) is 0 Å². The van der Waals surface area contributed by atoms with Crippen molar-refractivity contribution in [2.24, 2.45) is 5.73 Å². The molecule has 0 amide bonds. The number of hydrogen-bond acceptors (Lipinski definition) is 3. The Labute approximate surface area is 116 Å². The normalized spacial score (nSPS) is 15.8. The summed E-state index contributed by atoms with van der Waals surface area (Å²) in [5, 5.41) is 0. The first-order valence-corrected chi connectivity index (χ1v) is 6.94. The lowest BCUT2D eigenvalue weighted by molar-refractivity contribution is 0.105. The molecule has 2 aromatic rings. The smallest absolute Gasteiger partial charge is 0.194 e. The van der Waals surface area contributed by atoms with Gasteiger partial charge in [-0.1, -0.05) is 48.2 Å². The van der Waals surface area contributed by atoms with E-state index in [0.717, 1.165) is 20.9 Å². The quantitative estimate of drug-likeness (QED) is 0.805. The molecular weight excluding hydrogens is 254 g/mol. The van der Waals surface area contributed by atoms with E-state index < -0.39 is 0 Å². The molecular formula is C16H13NOS. The van der Waals surface area contributed by atoms with Crippen molar-refractivity contribution in [3.63, 3.8) is 0 Å². The highest BCUT2D eigenvalue weighted by molar-refractivity contribution is 7.99. The minimum atomic E-state index is 0.0542. The van der Waals surface area contributed by atoms with Gasteiger partial charge in [-0.2, -0.15) is 0 Å². The summed E-state index contributed by atoms with van der Waals surface area (Å²) in [4.78, 5) is 14.8. The van der Waals surface area contributed by atoms with E-state index in [4.69, 9.17) is 5.73 Å². The Bertz CT molecular complexity index is 676. The molecule has 0 unspecified atom stereocenters. The van der Waals surface area contributed by atoms with Gasteiger partial charge in [0.2, 0.25) is 0 Å². The highest BCUT2D eigenvalue weighted by atomic mass is 32.2. The topological polar surface area (TPSA) is 43.1 Å². The zero-order chi connectivity index (χ0) is 13.2. The van der Waals surface area contributed by atoms with Crippen LogP contribution in [0.2, 0.25) is 0 Å². The Balaban J connectivity index is 2.28. The van der Waals surface area contributed by atoms with E-state index in [-0.39, 0.29) is 5.78 Å². The molecule has 0 aliphatic carbocycles.